The molecule has 148 valence electrons. The van der Waals surface area contributed by atoms with E-state index in [0.717, 1.165) is 55.6 Å². The van der Waals surface area contributed by atoms with Gasteiger partial charge in [-0.25, -0.2) is 4.99 Å². The number of rotatable bonds is 10. The molecule has 6 heteroatoms. The third-order valence-corrected chi connectivity index (χ3v) is 3.80. The minimum Gasteiger partial charge on any atom is -0.497 e. The summed E-state index contributed by atoms with van der Waals surface area (Å²) >= 11 is 0. The standard InChI is InChI=1S/C21H29N3O2.HI/c1-3-22-21(24-17-18-11-13-19(25-2)14-12-18)23-15-7-8-16-26-20-9-5-4-6-10-20;/h4-6,9-14H,3,7-8,15-17H2,1-2H3,(H2,22,23,24);1H. The van der Waals surface area contributed by atoms with Crippen molar-refractivity contribution in [2.75, 3.05) is 26.8 Å². The predicted molar refractivity (Wildman–Crippen MR) is 122 cm³/mol. The van der Waals surface area contributed by atoms with Crippen molar-refractivity contribution >= 4 is 29.9 Å². The van der Waals surface area contributed by atoms with E-state index in [1.807, 2.05) is 54.6 Å². The second kappa shape index (κ2) is 14.1. The fraction of sp³-hybridized carbons (Fsp3) is 0.381. The van der Waals surface area contributed by atoms with E-state index < -0.39 is 0 Å². The van der Waals surface area contributed by atoms with Crippen LogP contribution in [0.25, 0.3) is 0 Å². The van der Waals surface area contributed by atoms with Gasteiger partial charge in [0.15, 0.2) is 5.96 Å². The Hall–Kier alpha value is -1.96. The molecule has 0 bridgehead atoms. The first kappa shape index (κ1) is 23.1. The van der Waals surface area contributed by atoms with Crippen LogP contribution in [0.3, 0.4) is 0 Å². The predicted octanol–water partition coefficient (Wildman–Crippen LogP) is 4.23. The second-order valence-electron chi connectivity index (χ2n) is 5.84. The summed E-state index contributed by atoms with van der Waals surface area (Å²) in [4.78, 5) is 4.63. The fourth-order valence-corrected chi connectivity index (χ4v) is 2.38. The van der Waals surface area contributed by atoms with Gasteiger partial charge in [-0.3, -0.25) is 0 Å². The number of nitrogens with one attached hydrogen (secondary N) is 2. The van der Waals surface area contributed by atoms with Gasteiger partial charge in [0.2, 0.25) is 0 Å². The van der Waals surface area contributed by atoms with Gasteiger partial charge in [-0.1, -0.05) is 30.3 Å². The van der Waals surface area contributed by atoms with E-state index in [9.17, 15) is 0 Å². The number of guanidine groups is 1. The molecular formula is C21H30IN3O2. The van der Waals surface area contributed by atoms with E-state index in [4.69, 9.17) is 9.47 Å². The van der Waals surface area contributed by atoms with E-state index >= 15 is 0 Å². The molecule has 0 atom stereocenters. The van der Waals surface area contributed by atoms with E-state index in [2.05, 4.69) is 22.5 Å². The molecule has 0 radical (unpaired) electrons. The number of aliphatic imine (C=N–C) groups is 1. The Kier molecular flexibility index (Phi) is 12.1. The number of halogens is 1. The molecule has 0 aromatic heterocycles. The number of methoxy groups -OCH3 is 1. The van der Waals surface area contributed by atoms with Gasteiger partial charge in [-0.05, 0) is 49.6 Å². The van der Waals surface area contributed by atoms with Gasteiger partial charge < -0.3 is 20.1 Å². The Bertz CT molecular complexity index is 648. The van der Waals surface area contributed by atoms with Crippen LogP contribution in [0.5, 0.6) is 11.5 Å². The normalized spacial score (nSPS) is 10.7. The second-order valence-corrected chi connectivity index (χ2v) is 5.84. The average Bonchev–Trinajstić information content (AvgIpc) is 2.69. The number of unbranched alkanes of at least 4 members (excludes halogenated alkanes) is 1. The van der Waals surface area contributed by atoms with Gasteiger partial charge in [0.1, 0.15) is 11.5 Å². The smallest absolute Gasteiger partial charge is 0.191 e. The largest absolute Gasteiger partial charge is 0.497 e. The minimum atomic E-state index is 0. The van der Waals surface area contributed by atoms with Gasteiger partial charge in [0.25, 0.3) is 0 Å². The van der Waals surface area contributed by atoms with Crippen LogP contribution in [0.15, 0.2) is 59.6 Å². The van der Waals surface area contributed by atoms with Crippen LogP contribution in [-0.4, -0.2) is 32.8 Å². The maximum atomic E-state index is 5.70. The third-order valence-electron chi connectivity index (χ3n) is 3.80. The van der Waals surface area contributed by atoms with E-state index in [1.54, 1.807) is 7.11 Å². The molecule has 0 saturated heterocycles. The van der Waals surface area contributed by atoms with E-state index in [-0.39, 0.29) is 24.0 Å². The van der Waals surface area contributed by atoms with Gasteiger partial charge >= 0.3 is 0 Å². The van der Waals surface area contributed by atoms with Crippen LogP contribution in [-0.2, 0) is 6.54 Å². The lowest BCUT2D eigenvalue weighted by Crippen LogP contribution is -2.37. The minimum absolute atomic E-state index is 0. The summed E-state index contributed by atoms with van der Waals surface area (Å²) in [6.45, 7) is 5.14. The van der Waals surface area contributed by atoms with Crippen LogP contribution >= 0.6 is 24.0 Å². The molecule has 0 heterocycles. The summed E-state index contributed by atoms with van der Waals surface area (Å²) in [6, 6.07) is 17.9. The molecule has 0 aliphatic heterocycles. The highest BCUT2D eigenvalue weighted by Gasteiger charge is 1.99. The summed E-state index contributed by atoms with van der Waals surface area (Å²) in [5, 5.41) is 6.65. The molecule has 0 fully saturated rings. The molecule has 0 saturated carbocycles. The number of hydrogen-bond acceptors (Lipinski definition) is 3. The van der Waals surface area contributed by atoms with Crippen molar-refractivity contribution in [3.63, 3.8) is 0 Å². The molecule has 27 heavy (non-hydrogen) atoms. The summed E-state index contributed by atoms with van der Waals surface area (Å²) in [5.74, 6) is 2.63. The summed E-state index contributed by atoms with van der Waals surface area (Å²) in [7, 11) is 1.67. The van der Waals surface area contributed by atoms with Crippen LogP contribution in [0.1, 0.15) is 25.3 Å². The summed E-state index contributed by atoms with van der Waals surface area (Å²) in [5.41, 5.74) is 1.15. The molecular weight excluding hydrogens is 453 g/mol. The number of nitrogens with zero attached hydrogens (tertiary/aromatic N) is 1. The lowest BCUT2D eigenvalue weighted by atomic mass is 10.2. The maximum absolute atomic E-state index is 5.70. The molecule has 0 unspecified atom stereocenters. The van der Waals surface area contributed by atoms with Crippen molar-refractivity contribution in [1.29, 1.82) is 0 Å². The fourth-order valence-electron chi connectivity index (χ4n) is 2.38. The van der Waals surface area contributed by atoms with Crippen molar-refractivity contribution in [2.24, 2.45) is 4.99 Å². The molecule has 2 aromatic carbocycles. The third kappa shape index (κ3) is 9.51. The number of para-hydroxylation sites is 1. The average molecular weight is 483 g/mol. The number of ether oxygens (including phenoxy) is 2. The van der Waals surface area contributed by atoms with Gasteiger partial charge in [-0.2, -0.15) is 0 Å². The molecule has 2 rings (SSSR count). The zero-order chi connectivity index (χ0) is 18.5. The molecule has 2 aromatic rings. The van der Waals surface area contributed by atoms with E-state index in [0.29, 0.717) is 6.54 Å². The molecule has 0 aliphatic rings. The topological polar surface area (TPSA) is 54.9 Å². The van der Waals surface area contributed by atoms with Crippen LogP contribution in [0.2, 0.25) is 0 Å². The van der Waals surface area contributed by atoms with Gasteiger partial charge in [0.05, 0.1) is 20.3 Å². The number of benzene rings is 2. The summed E-state index contributed by atoms with van der Waals surface area (Å²) < 4.78 is 10.9. The highest BCUT2D eigenvalue weighted by atomic mass is 127. The quantitative estimate of drug-likeness (QED) is 0.230. The first-order valence-electron chi connectivity index (χ1n) is 9.14. The van der Waals surface area contributed by atoms with Crippen molar-refractivity contribution in [3.05, 3.63) is 60.2 Å². The zero-order valence-electron chi connectivity index (χ0n) is 16.1. The van der Waals surface area contributed by atoms with E-state index in [1.165, 1.54) is 0 Å². The SMILES string of the molecule is CCNC(=NCc1ccc(OC)cc1)NCCCCOc1ccccc1.I. The molecule has 0 spiro atoms. The van der Waals surface area contributed by atoms with Crippen LogP contribution in [0.4, 0.5) is 0 Å². The molecule has 5 nitrogen and oxygen atoms in total. The zero-order valence-corrected chi connectivity index (χ0v) is 18.4. The molecule has 2 N–H and O–H groups in total. The van der Waals surface area contributed by atoms with Crippen LogP contribution in [0, 0.1) is 0 Å². The Morgan fingerprint density at radius 1 is 0.926 bits per heavy atom. The Morgan fingerprint density at radius 2 is 1.67 bits per heavy atom. The Balaban J connectivity index is 0.00000364. The lowest BCUT2D eigenvalue weighted by Gasteiger charge is -2.11. The lowest BCUT2D eigenvalue weighted by molar-refractivity contribution is 0.307. The van der Waals surface area contributed by atoms with Gasteiger partial charge in [0, 0.05) is 13.1 Å². The Morgan fingerprint density at radius 3 is 2.33 bits per heavy atom. The number of hydrogen-bond donors (Lipinski definition) is 2. The summed E-state index contributed by atoms with van der Waals surface area (Å²) in [6.07, 6.45) is 2.03. The first-order chi connectivity index (χ1) is 12.8. The molecule has 0 amide bonds. The maximum Gasteiger partial charge on any atom is 0.191 e. The van der Waals surface area contributed by atoms with Crippen molar-refractivity contribution in [2.45, 2.75) is 26.3 Å². The first-order valence-corrected chi connectivity index (χ1v) is 9.14. The van der Waals surface area contributed by atoms with Crippen molar-refractivity contribution in [1.82, 2.24) is 10.6 Å². The monoisotopic (exact) mass is 483 g/mol. The van der Waals surface area contributed by atoms with Crippen molar-refractivity contribution in [3.8, 4) is 11.5 Å². The van der Waals surface area contributed by atoms with Crippen LogP contribution < -0.4 is 20.1 Å². The Labute approximate surface area is 179 Å². The highest BCUT2D eigenvalue weighted by Crippen LogP contribution is 2.12. The van der Waals surface area contributed by atoms with Gasteiger partial charge in [-0.15, -0.1) is 24.0 Å². The van der Waals surface area contributed by atoms with Crippen molar-refractivity contribution < 1.29 is 9.47 Å². The highest BCUT2D eigenvalue weighted by molar-refractivity contribution is 14.0. The molecule has 0 aliphatic carbocycles.